The smallest absolute Gasteiger partial charge is 0.371 e. The zero-order valence-corrected chi connectivity index (χ0v) is 8.41. The zero-order valence-electron chi connectivity index (χ0n) is 7.60. The van der Waals surface area contributed by atoms with E-state index in [1.54, 1.807) is 0 Å². The van der Waals surface area contributed by atoms with Crippen LogP contribution in [0.1, 0.15) is 6.92 Å². The first-order valence-corrected chi connectivity index (χ1v) is 5.54. The van der Waals surface area contributed by atoms with Crippen molar-refractivity contribution in [2.24, 2.45) is 0 Å². The highest BCUT2D eigenvalue weighted by atomic mass is 32.2. The largest absolute Gasteiger partial charge is 0.411 e. The van der Waals surface area contributed by atoms with Crippen LogP contribution in [0, 0.1) is 0 Å². The molecule has 0 aliphatic heterocycles. The van der Waals surface area contributed by atoms with Gasteiger partial charge in [-0.3, -0.25) is 0 Å². The van der Waals surface area contributed by atoms with Crippen molar-refractivity contribution in [3.8, 4) is 0 Å². The molecule has 0 amide bonds. The zero-order chi connectivity index (χ0) is 11.2. The van der Waals surface area contributed by atoms with Gasteiger partial charge in [0.05, 0.1) is 12.4 Å². The van der Waals surface area contributed by atoms with Gasteiger partial charge in [0.15, 0.2) is 0 Å². The van der Waals surface area contributed by atoms with E-state index >= 15 is 0 Å². The van der Waals surface area contributed by atoms with Gasteiger partial charge in [-0.05, 0) is 6.92 Å². The lowest BCUT2D eigenvalue weighted by molar-refractivity contribution is -0.173. The Morgan fingerprint density at radius 2 is 1.93 bits per heavy atom. The second kappa shape index (κ2) is 5.52. The molecule has 0 spiro atoms. The Labute approximate surface area is 80.5 Å². The molecule has 4 nitrogen and oxygen atoms in total. The predicted molar refractivity (Wildman–Crippen MR) is 44.3 cm³/mol. The van der Waals surface area contributed by atoms with Crippen LogP contribution in [0.2, 0.25) is 0 Å². The summed E-state index contributed by atoms with van der Waals surface area (Å²) in [5.74, 6) is -0.105. The molecule has 0 atom stereocenters. The summed E-state index contributed by atoms with van der Waals surface area (Å²) in [6.45, 7) is -0.370. The third-order valence-electron chi connectivity index (χ3n) is 1.21. The molecular weight excluding hydrogens is 223 g/mol. The van der Waals surface area contributed by atoms with E-state index < -0.39 is 22.8 Å². The van der Waals surface area contributed by atoms with Crippen molar-refractivity contribution < 1.29 is 26.3 Å². The van der Waals surface area contributed by atoms with Gasteiger partial charge < -0.3 is 4.74 Å². The Bertz CT molecular complexity index is 250. The summed E-state index contributed by atoms with van der Waals surface area (Å²) in [7, 11) is -3.35. The first-order chi connectivity index (χ1) is 6.27. The molecule has 0 heterocycles. The summed E-state index contributed by atoms with van der Waals surface area (Å²) >= 11 is 0. The Morgan fingerprint density at radius 3 is 2.36 bits per heavy atom. The van der Waals surface area contributed by atoms with Crippen molar-refractivity contribution in [1.82, 2.24) is 4.72 Å². The molecule has 0 saturated heterocycles. The number of halogens is 3. The highest BCUT2D eigenvalue weighted by Crippen LogP contribution is 2.13. The molecule has 0 radical (unpaired) electrons. The topological polar surface area (TPSA) is 55.4 Å². The second-order valence-electron chi connectivity index (χ2n) is 2.47. The van der Waals surface area contributed by atoms with Gasteiger partial charge in [0.2, 0.25) is 10.0 Å². The molecule has 0 aromatic heterocycles. The first-order valence-electron chi connectivity index (χ1n) is 3.88. The Balaban J connectivity index is 3.49. The van der Waals surface area contributed by atoms with Crippen molar-refractivity contribution in [3.63, 3.8) is 0 Å². The maximum atomic E-state index is 11.5. The normalized spacial score (nSPS) is 13.1. The summed E-state index contributed by atoms with van der Waals surface area (Å²) in [5.41, 5.74) is 0. The van der Waals surface area contributed by atoms with Crippen molar-refractivity contribution in [2.45, 2.75) is 13.1 Å². The van der Waals surface area contributed by atoms with Gasteiger partial charge in [-0.15, -0.1) is 0 Å². The van der Waals surface area contributed by atoms with Gasteiger partial charge in [-0.1, -0.05) is 0 Å². The molecule has 1 N–H and O–H groups in total. The van der Waals surface area contributed by atoms with Crippen LogP contribution in [-0.2, 0) is 14.8 Å². The molecule has 0 fully saturated rings. The van der Waals surface area contributed by atoms with E-state index in [0.29, 0.717) is 0 Å². The van der Waals surface area contributed by atoms with Crippen molar-refractivity contribution in [1.29, 1.82) is 0 Å². The lowest BCUT2D eigenvalue weighted by atomic mass is 10.7. The Morgan fingerprint density at radius 1 is 1.36 bits per heavy atom. The number of hydrogen-bond acceptors (Lipinski definition) is 3. The van der Waals surface area contributed by atoms with E-state index in [1.807, 2.05) is 0 Å². The summed E-state index contributed by atoms with van der Waals surface area (Å²) in [4.78, 5) is 0. The maximum absolute atomic E-state index is 11.5. The van der Waals surface area contributed by atoms with Crippen molar-refractivity contribution in [2.75, 3.05) is 25.5 Å². The van der Waals surface area contributed by atoms with Gasteiger partial charge in [0.1, 0.15) is 6.61 Å². The van der Waals surface area contributed by atoms with Gasteiger partial charge in [-0.2, -0.15) is 13.2 Å². The van der Waals surface area contributed by atoms with Gasteiger partial charge in [0, 0.05) is 6.54 Å². The number of ether oxygens (including phenoxy) is 1. The molecule has 0 saturated carbocycles. The van der Waals surface area contributed by atoms with Crippen LogP contribution < -0.4 is 4.72 Å². The molecule has 0 unspecified atom stereocenters. The number of hydrogen-bond donors (Lipinski definition) is 1. The van der Waals surface area contributed by atoms with Crippen LogP contribution in [0.25, 0.3) is 0 Å². The van der Waals surface area contributed by atoms with Crippen LogP contribution in [0.5, 0.6) is 0 Å². The molecule has 0 aliphatic rings. The fourth-order valence-corrected chi connectivity index (χ4v) is 1.16. The third-order valence-corrected chi connectivity index (χ3v) is 2.62. The highest BCUT2D eigenvalue weighted by molar-refractivity contribution is 7.89. The van der Waals surface area contributed by atoms with Gasteiger partial charge in [-0.25, -0.2) is 13.1 Å². The van der Waals surface area contributed by atoms with E-state index in [-0.39, 0.29) is 18.9 Å². The number of sulfonamides is 1. The summed E-state index contributed by atoms with van der Waals surface area (Å²) in [6, 6.07) is 0. The molecule has 0 rings (SSSR count). The van der Waals surface area contributed by atoms with Crippen LogP contribution in [0.15, 0.2) is 0 Å². The van der Waals surface area contributed by atoms with E-state index in [1.165, 1.54) is 6.92 Å². The Hall–Kier alpha value is -0.340. The fourth-order valence-electron chi connectivity index (χ4n) is 0.559. The molecule has 0 bridgehead atoms. The van der Waals surface area contributed by atoms with Gasteiger partial charge >= 0.3 is 6.18 Å². The molecule has 0 aromatic carbocycles. The lowest BCUT2D eigenvalue weighted by Gasteiger charge is -2.07. The van der Waals surface area contributed by atoms with E-state index in [9.17, 15) is 21.6 Å². The fraction of sp³-hybridized carbons (Fsp3) is 1.00. The van der Waals surface area contributed by atoms with E-state index in [4.69, 9.17) is 0 Å². The standard InChI is InChI=1S/C6H12F3NO3S/c1-2-14(11,12)10-3-4-13-5-6(7,8)9/h10H,2-5H2,1H3. The summed E-state index contributed by atoms with van der Waals surface area (Å²) in [6.07, 6.45) is -4.37. The monoisotopic (exact) mass is 235 g/mol. The van der Waals surface area contributed by atoms with E-state index in [0.717, 1.165) is 0 Å². The number of nitrogens with one attached hydrogen (secondary N) is 1. The lowest BCUT2D eigenvalue weighted by Crippen LogP contribution is -2.30. The molecule has 14 heavy (non-hydrogen) atoms. The first kappa shape index (κ1) is 13.7. The minimum Gasteiger partial charge on any atom is -0.371 e. The van der Waals surface area contributed by atoms with Crippen molar-refractivity contribution >= 4 is 10.0 Å². The molecule has 8 heteroatoms. The van der Waals surface area contributed by atoms with Crippen LogP contribution in [0.4, 0.5) is 13.2 Å². The average molecular weight is 235 g/mol. The minimum absolute atomic E-state index is 0.105. The summed E-state index contributed by atoms with van der Waals surface area (Å²) < 4.78 is 62.4. The number of rotatable bonds is 6. The molecule has 0 aliphatic carbocycles. The van der Waals surface area contributed by atoms with Crippen molar-refractivity contribution in [3.05, 3.63) is 0 Å². The van der Waals surface area contributed by atoms with Crippen LogP contribution in [-0.4, -0.2) is 40.1 Å². The Kier molecular flexibility index (Phi) is 5.38. The third kappa shape index (κ3) is 8.27. The maximum Gasteiger partial charge on any atom is 0.411 e. The molecule has 0 aromatic rings. The molecule has 86 valence electrons. The molecular formula is C6H12F3NO3S. The highest BCUT2D eigenvalue weighted by Gasteiger charge is 2.27. The quantitative estimate of drug-likeness (QED) is 0.682. The second-order valence-corrected chi connectivity index (χ2v) is 4.56. The predicted octanol–water partition coefficient (Wildman–Crippen LogP) is 0.505. The minimum atomic E-state index is -4.37. The number of alkyl halides is 3. The SMILES string of the molecule is CCS(=O)(=O)NCCOCC(F)(F)F. The van der Waals surface area contributed by atoms with Crippen LogP contribution >= 0.6 is 0 Å². The van der Waals surface area contributed by atoms with E-state index in [2.05, 4.69) is 9.46 Å². The van der Waals surface area contributed by atoms with Gasteiger partial charge in [0.25, 0.3) is 0 Å². The average Bonchev–Trinajstić information content (AvgIpc) is 2.01. The van der Waals surface area contributed by atoms with Crippen LogP contribution in [0.3, 0.4) is 0 Å². The summed E-state index contributed by atoms with van der Waals surface area (Å²) in [5, 5.41) is 0.